The molecule has 0 spiro atoms. The molecule has 0 radical (unpaired) electrons. The van der Waals surface area contributed by atoms with Crippen molar-refractivity contribution in [3.63, 3.8) is 0 Å². The summed E-state index contributed by atoms with van der Waals surface area (Å²) in [6, 6.07) is 8.27. The number of anilines is 1. The average molecular weight is 371 g/mol. The second-order valence-electron chi connectivity index (χ2n) is 5.57. The third-order valence-electron chi connectivity index (χ3n) is 4.11. The Hall–Kier alpha value is -3.40. The third-order valence-corrected chi connectivity index (χ3v) is 4.98. The van der Waals surface area contributed by atoms with Crippen molar-refractivity contribution in [1.29, 1.82) is 0 Å². The average Bonchev–Trinajstić information content (AvgIpc) is 3.35. The summed E-state index contributed by atoms with van der Waals surface area (Å²) < 4.78 is 0. The molecule has 2 aromatic rings. The summed E-state index contributed by atoms with van der Waals surface area (Å²) in [7, 11) is 0. The van der Waals surface area contributed by atoms with Crippen molar-refractivity contribution < 1.29 is 24.1 Å². The molecular weight excluding hydrogens is 362 g/mol. The number of nitro groups is 1. The van der Waals surface area contributed by atoms with Crippen LogP contribution in [0.2, 0.25) is 0 Å². The number of ketones is 1. The highest BCUT2D eigenvalue weighted by atomic mass is 32.1. The number of nitrogens with zero attached hydrogens (tertiary/aromatic N) is 3. The van der Waals surface area contributed by atoms with Crippen LogP contribution in [0.15, 0.2) is 46.9 Å². The molecule has 10 heteroatoms. The van der Waals surface area contributed by atoms with Gasteiger partial charge < -0.3 is 4.84 Å². The quantitative estimate of drug-likeness (QED) is 0.350. The van der Waals surface area contributed by atoms with Crippen molar-refractivity contribution in [3.8, 4) is 0 Å². The highest BCUT2D eigenvalue weighted by Gasteiger charge is 2.57. The van der Waals surface area contributed by atoms with Gasteiger partial charge in [-0.15, -0.1) is 11.3 Å². The van der Waals surface area contributed by atoms with Crippen molar-refractivity contribution in [3.05, 3.63) is 56.8 Å². The molecule has 26 heavy (non-hydrogen) atoms. The van der Waals surface area contributed by atoms with E-state index in [1.165, 1.54) is 35.6 Å². The molecule has 3 heterocycles. The molecular formula is C16H9N3O6S. The van der Waals surface area contributed by atoms with Gasteiger partial charge in [-0.2, -0.15) is 0 Å². The summed E-state index contributed by atoms with van der Waals surface area (Å²) in [5, 5.41) is 16.1. The van der Waals surface area contributed by atoms with Gasteiger partial charge in [0.05, 0.1) is 15.5 Å². The Balaban J connectivity index is 1.64. The van der Waals surface area contributed by atoms with Gasteiger partial charge in [-0.1, -0.05) is 11.2 Å². The van der Waals surface area contributed by atoms with Crippen LogP contribution < -0.4 is 4.90 Å². The Morgan fingerprint density at radius 2 is 1.92 bits per heavy atom. The maximum absolute atomic E-state index is 12.8. The van der Waals surface area contributed by atoms with Crippen molar-refractivity contribution >= 4 is 46.0 Å². The smallest absolute Gasteiger partial charge is 0.278 e. The third kappa shape index (κ3) is 2.30. The Bertz CT molecular complexity index is 966. The molecule has 1 aromatic heterocycles. The van der Waals surface area contributed by atoms with E-state index in [0.29, 0.717) is 4.88 Å². The molecule has 1 fully saturated rings. The number of thiophene rings is 1. The topological polar surface area (TPSA) is 119 Å². The first-order valence-corrected chi connectivity index (χ1v) is 8.31. The van der Waals surface area contributed by atoms with E-state index < -0.39 is 34.5 Å². The fourth-order valence-corrected chi connectivity index (χ4v) is 3.55. The summed E-state index contributed by atoms with van der Waals surface area (Å²) in [5.74, 6) is -2.88. The first-order chi connectivity index (χ1) is 12.5. The van der Waals surface area contributed by atoms with Gasteiger partial charge in [-0.05, 0) is 23.6 Å². The molecule has 2 amide bonds. The molecule has 9 nitrogen and oxygen atoms in total. The Kier molecular flexibility index (Phi) is 3.62. The SMILES string of the molecule is O=C(C1=NO[C@H]2C(=O)N(c3ccc([N+](=O)[O-])cc3)C(=O)[C@H]12)c1cccs1. The lowest BCUT2D eigenvalue weighted by molar-refractivity contribution is -0.384. The molecule has 0 N–H and O–H groups in total. The summed E-state index contributed by atoms with van der Waals surface area (Å²) in [6.07, 6.45) is -1.20. The van der Waals surface area contributed by atoms with E-state index in [-0.39, 0.29) is 17.1 Å². The van der Waals surface area contributed by atoms with E-state index in [9.17, 15) is 24.5 Å². The van der Waals surface area contributed by atoms with Gasteiger partial charge in [0, 0.05) is 12.1 Å². The maximum Gasteiger partial charge on any atom is 0.278 e. The van der Waals surface area contributed by atoms with Crippen molar-refractivity contribution in [2.75, 3.05) is 4.90 Å². The predicted molar refractivity (Wildman–Crippen MR) is 90.0 cm³/mol. The molecule has 130 valence electrons. The zero-order valence-electron chi connectivity index (χ0n) is 12.9. The van der Waals surface area contributed by atoms with Gasteiger partial charge in [-0.3, -0.25) is 24.5 Å². The number of hydrogen-bond donors (Lipinski definition) is 0. The summed E-state index contributed by atoms with van der Waals surface area (Å²) in [5.41, 5.74) is -0.105. The molecule has 2 aliphatic heterocycles. The van der Waals surface area contributed by atoms with Crippen LogP contribution in [0.5, 0.6) is 0 Å². The number of Topliss-reactive ketones (excluding diaryl/α,β-unsaturated/α-hetero) is 1. The molecule has 0 unspecified atom stereocenters. The van der Waals surface area contributed by atoms with Crippen LogP contribution in [0.3, 0.4) is 0 Å². The molecule has 0 aliphatic carbocycles. The number of benzene rings is 1. The van der Waals surface area contributed by atoms with E-state index >= 15 is 0 Å². The van der Waals surface area contributed by atoms with Crippen molar-refractivity contribution in [1.82, 2.24) is 0 Å². The maximum atomic E-state index is 12.8. The minimum atomic E-state index is -1.20. The van der Waals surface area contributed by atoms with E-state index in [1.807, 2.05) is 0 Å². The van der Waals surface area contributed by atoms with E-state index in [0.717, 1.165) is 4.90 Å². The molecule has 2 aliphatic rings. The summed E-state index contributed by atoms with van der Waals surface area (Å²) >= 11 is 1.20. The van der Waals surface area contributed by atoms with Crippen LogP contribution >= 0.6 is 11.3 Å². The zero-order chi connectivity index (χ0) is 18.4. The number of nitro benzene ring substituents is 1. The standard InChI is InChI=1S/C16H9N3O6S/c20-13(10-2-1-7-26-10)12-11-14(25-17-12)16(22)18(15(11)21)8-3-5-9(6-4-8)19(23)24/h1-7,11,14H/t11-,14-/m1/s1. The van der Waals surface area contributed by atoms with Crippen LogP contribution in [-0.2, 0) is 14.4 Å². The second kappa shape index (κ2) is 5.85. The van der Waals surface area contributed by atoms with Crippen LogP contribution in [0.1, 0.15) is 9.67 Å². The number of carbonyl (C=O) groups is 3. The molecule has 0 saturated carbocycles. The molecule has 0 bridgehead atoms. The largest absolute Gasteiger partial charge is 0.381 e. The molecule has 4 rings (SSSR count). The minimum Gasteiger partial charge on any atom is -0.381 e. The normalized spacial score (nSPS) is 21.4. The lowest BCUT2D eigenvalue weighted by atomic mass is 9.96. The van der Waals surface area contributed by atoms with Crippen LogP contribution in [-0.4, -0.2) is 34.3 Å². The van der Waals surface area contributed by atoms with Gasteiger partial charge in [0.2, 0.25) is 17.8 Å². The monoisotopic (exact) mass is 371 g/mol. The van der Waals surface area contributed by atoms with E-state index in [2.05, 4.69) is 5.16 Å². The Morgan fingerprint density at radius 1 is 1.19 bits per heavy atom. The number of non-ortho nitro benzene ring substituents is 1. The number of imide groups is 1. The lowest BCUT2D eigenvalue weighted by Crippen LogP contribution is -2.34. The van der Waals surface area contributed by atoms with E-state index in [4.69, 9.17) is 4.84 Å². The van der Waals surface area contributed by atoms with Crippen molar-refractivity contribution in [2.24, 2.45) is 11.1 Å². The van der Waals surface area contributed by atoms with Gasteiger partial charge in [0.1, 0.15) is 11.6 Å². The van der Waals surface area contributed by atoms with Crippen LogP contribution in [0, 0.1) is 16.0 Å². The molecule has 2 atom stereocenters. The molecule has 1 saturated heterocycles. The predicted octanol–water partition coefficient (Wildman–Crippen LogP) is 1.78. The van der Waals surface area contributed by atoms with Gasteiger partial charge >= 0.3 is 0 Å². The number of fused-ring (bicyclic) bond motifs is 1. The number of rotatable bonds is 4. The second-order valence-corrected chi connectivity index (χ2v) is 6.52. The number of hydrogen-bond acceptors (Lipinski definition) is 8. The fourth-order valence-electron chi connectivity index (χ4n) is 2.88. The van der Waals surface area contributed by atoms with Gasteiger partial charge in [0.15, 0.2) is 0 Å². The van der Waals surface area contributed by atoms with Gasteiger partial charge in [-0.25, -0.2) is 4.90 Å². The number of amides is 2. The zero-order valence-corrected chi connectivity index (χ0v) is 13.7. The number of carbonyl (C=O) groups excluding carboxylic acids is 3. The summed E-state index contributed by atoms with van der Waals surface area (Å²) in [6.45, 7) is 0. The highest BCUT2D eigenvalue weighted by molar-refractivity contribution is 7.13. The Morgan fingerprint density at radius 3 is 2.54 bits per heavy atom. The van der Waals surface area contributed by atoms with Crippen molar-refractivity contribution in [2.45, 2.75) is 6.10 Å². The fraction of sp³-hybridized carbons (Fsp3) is 0.125. The van der Waals surface area contributed by atoms with E-state index in [1.54, 1.807) is 17.5 Å². The minimum absolute atomic E-state index is 0.111. The van der Waals surface area contributed by atoms with Gasteiger partial charge in [0.25, 0.3) is 11.6 Å². The number of oxime groups is 1. The highest BCUT2D eigenvalue weighted by Crippen LogP contribution is 2.35. The first kappa shape index (κ1) is 16.1. The lowest BCUT2D eigenvalue weighted by Gasteiger charge is -2.14. The Labute approximate surface area is 149 Å². The molecule has 1 aromatic carbocycles. The van der Waals surface area contributed by atoms with Crippen LogP contribution in [0.25, 0.3) is 0 Å². The first-order valence-electron chi connectivity index (χ1n) is 7.43. The summed E-state index contributed by atoms with van der Waals surface area (Å²) in [4.78, 5) is 54.3. The van der Waals surface area contributed by atoms with Crippen LogP contribution in [0.4, 0.5) is 11.4 Å².